The van der Waals surface area contributed by atoms with Crippen molar-refractivity contribution in [3.63, 3.8) is 0 Å². The number of nitrogens with zero attached hydrogens (tertiary/aromatic N) is 4. The summed E-state index contributed by atoms with van der Waals surface area (Å²) in [5.74, 6) is -4.00. The summed E-state index contributed by atoms with van der Waals surface area (Å²) in [6.07, 6.45) is 1.89. The molecule has 1 aliphatic rings. The van der Waals surface area contributed by atoms with Crippen molar-refractivity contribution >= 4 is 44.2 Å². The fourth-order valence-corrected chi connectivity index (χ4v) is 4.78. The molecule has 0 radical (unpaired) electrons. The third kappa shape index (κ3) is 9.23. The second-order valence-electron chi connectivity index (χ2n) is 9.35. The molecule has 0 aliphatic carbocycles. The fourth-order valence-electron chi connectivity index (χ4n) is 3.74. The number of halogens is 1. The Bertz CT molecular complexity index is 1440. The van der Waals surface area contributed by atoms with Crippen LogP contribution in [0, 0.1) is 11.7 Å². The predicted octanol–water partition coefficient (Wildman–Crippen LogP) is 0.188. The molecule has 3 N–H and O–H groups in total. The van der Waals surface area contributed by atoms with Crippen LogP contribution in [0.25, 0.3) is 0 Å². The molecular formula is C22H31FN6O10S2. The van der Waals surface area contributed by atoms with E-state index in [0.717, 1.165) is 51.7 Å². The van der Waals surface area contributed by atoms with Gasteiger partial charge in [0.15, 0.2) is 11.6 Å². The zero-order valence-electron chi connectivity index (χ0n) is 22.5. The molecule has 1 fully saturated rings. The fraction of sp³-hybridized carbons (Fsp3) is 0.545. The van der Waals surface area contributed by atoms with E-state index in [1.165, 1.54) is 6.07 Å². The van der Waals surface area contributed by atoms with Crippen LogP contribution in [0.2, 0.25) is 0 Å². The molecule has 41 heavy (non-hydrogen) atoms. The molecule has 1 aromatic heterocycles. The lowest BCUT2D eigenvalue weighted by Crippen LogP contribution is -2.38. The van der Waals surface area contributed by atoms with Gasteiger partial charge < -0.3 is 27.8 Å². The number of nitrogens with two attached hydrogens (primary N) is 1. The van der Waals surface area contributed by atoms with Crippen LogP contribution in [0.5, 0.6) is 5.75 Å². The van der Waals surface area contributed by atoms with Gasteiger partial charge in [0.1, 0.15) is 12.4 Å². The van der Waals surface area contributed by atoms with E-state index >= 15 is 0 Å². The lowest BCUT2D eigenvalue weighted by Gasteiger charge is -2.30. The largest absolute Gasteiger partial charge is 0.492 e. The number of hydrogen-bond acceptors (Lipinski definition) is 14. The highest BCUT2D eigenvalue weighted by molar-refractivity contribution is 7.88. The second-order valence-corrected chi connectivity index (χ2v) is 12.1. The van der Waals surface area contributed by atoms with Gasteiger partial charge in [0, 0.05) is 38.7 Å². The zero-order valence-corrected chi connectivity index (χ0v) is 24.1. The van der Waals surface area contributed by atoms with Gasteiger partial charge in [0.2, 0.25) is 0 Å². The number of rotatable bonds is 12. The maximum absolute atomic E-state index is 14.6. The summed E-state index contributed by atoms with van der Waals surface area (Å²) in [5, 5.41) is 11.7. The number of piperidine rings is 1. The van der Waals surface area contributed by atoms with Crippen LogP contribution in [0.3, 0.4) is 0 Å². The Labute approximate surface area is 236 Å². The molecule has 0 unspecified atom stereocenters. The van der Waals surface area contributed by atoms with E-state index in [0.29, 0.717) is 24.3 Å². The number of anilines is 2. The van der Waals surface area contributed by atoms with Gasteiger partial charge >= 0.3 is 38.6 Å². The van der Waals surface area contributed by atoms with Crippen molar-refractivity contribution in [1.29, 1.82) is 0 Å². The first-order valence-electron chi connectivity index (χ1n) is 12.4. The molecule has 19 heteroatoms. The van der Waals surface area contributed by atoms with E-state index < -0.39 is 44.1 Å². The maximum atomic E-state index is 14.6. The molecule has 2 aromatic rings. The van der Waals surface area contributed by atoms with Gasteiger partial charge in [-0.2, -0.15) is 27.0 Å². The number of ether oxygens (including phenoxy) is 1. The molecule has 0 bridgehead atoms. The van der Waals surface area contributed by atoms with Crippen LogP contribution in [0.1, 0.15) is 38.4 Å². The molecule has 3 rings (SSSR count). The lowest BCUT2D eigenvalue weighted by atomic mass is 9.97. The van der Waals surface area contributed by atoms with E-state index in [2.05, 4.69) is 33.9 Å². The van der Waals surface area contributed by atoms with E-state index in [9.17, 15) is 30.8 Å². The van der Waals surface area contributed by atoms with Gasteiger partial charge in [0.05, 0.1) is 5.69 Å². The summed E-state index contributed by atoms with van der Waals surface area (Å²) >= 11 is 0. The molecule has 1 saturated heterocycles. The van der Waals surface area contributed by atoms with Crippen molar-refractivity contribution in [1.82, 2.24) is 15.5 Å². The summed E-state index contributed by atoms with van der Waals surface area (Å²) in [5.41, 5.74) is -0.546. The van der Waals surface area contributed by atoms with Gasteiger partial charge in [-0.3, -0.25) is 0 Å². The van der Waals surface area contributed by atoms with Crippen LogP contribution in [0.15, 0.2) is 22.7 Å². The number of aromatic nitrogens is 2. The number of carbonyl (C=O) groups excluding carboxylic acids is 2. The minimum Gasteiger partial charge on any atom is -0.492 e. The van der Waals surface area contributed by atoms with Crippen LogP contribution in [0.4, 0.5) is 16.1 Å². The maximum Gasteiger partial charge on any atom is 0.435 e. The van der Waals surface area contributed by atoms with Gasteiger partial charge in [-0.05, 0) is 37.4 Å². The summed E-state index contributed by atoms with van der Waals surface area (Å²) in [6, 6.07) is 3.81. The Morgan fingerprint density at radius 2 is 1.85 bits per heavy atom. The van der Waals surface area contributed by atoms with Gasteiger partial charge in [-0.15, -0.1) is 0 Å². The number of hydrogen-bond donors (Lipinski definition) is 2. The quantitative estimate of drug-likeness (QED) is 0.239. The van der Waals surface area contributed by atoms with Crippen molar-refractivity contribution < 1.29 is 48.4 Å². The van der Waals surface area contributed by atoms with Crippen LogP contribution >= 0.6 is 0 Å². The Balaban J connectivity index is 1.41. The first-order chi connectivity index (χ1) is 19.2. The lowest BCUT2D eigenvalue weighted by molar-refractivity contribution is -0.155. The molecule has 0 spiro atoms. The second kappa shape index (κ2) is 13.4. The monoisotopic (exact) mass is 622 g/mol. The van der Waals surface area contributed by atoms with Crippen molar-refractivity contribution in [3.8, 4) is 5.75 Å². The third-order valence-electron chi connectivity index (χ3n) is 5.95. The van der Waals surface area contributed by atoms with Gasteiger partial charge in [-0.25, -0.2) is 18.3 Å². The third-order valence-corrected chi connectivity index (χ3v) is 7.56. The van der Waals surface area contributed by atoms with E-state index in [-0.39, 0.29) is 22.6 Å². The predicted molar refractivity (Wildman–Crippen MR) is 141 cm³/mol. The first kappa shape index (κ1) is 32.0. The molecule has 1 aliphatic heterocycles. The minimum absolute atomic E-state index is 0.112. The highest BCUT2D eigenvalue weighted by Crippen LogP contribution is 2.26. The van der Waals surface area contributed by atoms with Gasteiger partial charge in [0.25, 0.3) is 0 Å². The Kier molecular flexibility index (Phi) is 10.5. The summed E-state index contributed by atoms with van der Waals surface area (Å²) in [6.45, 7) is 7.05. The first-order valence-corrected chi connectivity index (χ1v) is 15.2. The van der Waals surface area contributed by atoms with Crippen molar-refractivity contribution in [2.24, 2.45) is 11.1 Å². The van der Waals surface area contributed by atoms with E-state index in [1.54, 1.807) is 0 Å². The molecular weight excluding hydrogens is 591 g/mol. The number of nitrogens with one attached hydrogen (secondary N) is 1. The summed E-state index contributed by atoms with van der Waals surface area (Å²) < 4.78 is 79.0. The molecule has 2 heterocycles. The summed E-state index contributed by atoms with van der Waals surface area (Å²) in [4.78, 5) is 29.3. The van der Waals surface area contributed by atoms with Gasteiger partial charge in [-0.1, -0.05) is 19.0 Å². The number of benzene rings is 1. The standard InChI is InChI=1S/C22H31FN6O10S2/c1-14(2)19-26-22(37-27-19)29-9-6-15(7-10-29)13-25-8-11-36-16-4-5-18(17(23)12-16)28(3)41(34,35)39-21(31)20(30)38-40(24,32)33/h4-5,12,14-15,25H,6-11,13H2,1-3H3,(H2,24,32,33). The van der Waals surface area contributed by atoms with Crippen molar-refractivity contribution in [2.75, 3.05) is 49.0 Å². The highest BCUT2D eigenvalue weighted by Gasteiger charge is 2.32. The normalized spacial score (nSPS) is 14.6. The molecule has 0 saturated carbocycles. The molecule has 16 nitrogen and oxygen atoms in total. The van der Waals surface area contributed by atoms with Crippen LogP contribution < -0.4 is 24.4 Å². The highest BCUT2D eigenvalue weighted by atomic mass is 32.2. The molecule has 0 atom stereocenters. The Morgan fingerprint density at radius 1 is 1.20 bits per heavy atom. The molecule has 1 aromatic carbocycles. The SMILES string of the molecule is CC(C)c1noc(N2CCC(CNCCOc3ccc(N(C)S(=O)(=O)OC(=O)C(=O)OS(N)(=O)=O)c(F)c3)CC2)n1. The topological polar surface area (TPSA) is 214 Å². The Morgan fingerprint density at radius 3 is 2.44 bits per heavy atom. The van der Waals surface area contributed by atoms with E-state index in [1.807, 2.05) is 13.8 Å². The minimum atomic E-state index is -5.06. The molecule has 228 valence electrons. The Hall–Kier alpha value is -3.55. The van der Waals surface area contributed by atoms with Crippen molar-refractivity contribution in [3.05, 3.63) is 29.8 Å². The van der Waals surface area contributed by atoms with Crippen molar-refractivity contribution in [2.45, 2.75) is 32.6 Å². The molecule has 0 amide bonds. The smallest absolute Gasteiger partial charge is 0.435 e. The average Bonchev–Trinajstić information content (AvgIpc) is 3.38. The average molecular weight is 623 g/mol. The number of carbonyl (C=O) groups is 2. The zero-order chi connectivity index (χ0) is 30.4. The van der Waals surface area contributed by atoms with E-state index in [4.69, 9.17) is 9.26 Å². The van der Waals surface area contributed by atoms with Crippen LogP contribution in [-0.4, -0.2) is 78.7 Å². The summed E-state index contributed by atoms with van der Waals surface area (Å²) in [7, 11) is -9.11. The van der Waals surface area contributed by atoms with Crippen LogP contribution in [-0.2, 0) is 38.6 Å².